The quantitative estimate of drug-likeness (QED) is 0.663. The Hall–Kier alpha value is -0.470. The number of rotatable bonds is 0. The maximum atomic E-state index is 5.71. The summed E-state index contributed by atoms with van der Waals surface area (Å²) in [5.41, 5.74) is 6.83. The Morgan fingerprint density at radius 2 is 1.83 bits per heavy atom. The fraction of sp³-hybridized carbons (Fsp3) is 0.375. The lowest BCUT2D eigenvalue weighted by Crippen LogP contribution is -1.92. The molecule has 0 atom stereocenters. The lowest BCUT2D eigenvalue weighted by Gasteiger charge is -2.01. The fourth-order valence-electron chi connectivity index (χ4n) is 0.561. The molecular weight excluding hydrogens is 195 g/mol. The predicted octanol–water partition coefficient (Wildman–Crippen LogP) is 3.31. The summed E-state index contributed by atoms with van der Waals surface area (Å²) in [6, 6.07) is 0. The van der Waals surface area contributed by atoms with Gasteiger partial charge in [0.1, 0.15) is 5.15 Å². The highest BCUT2D eigenvalue weighted by Gasteiger charge is 2.03. The Kier molecular flexibility index (Phi) is 5.02. The molecular formula is C8H12Cl2N2. The first-order valence-corrected chi connectivity index (χ1v) is 4.44. The van der Waals surface area contributed by atoms with Crippen LogP contribution < -0.4 is 5.73 Å². The molecule has 2 nitrogen and oxygen atoms in total. The van der Waals surface area contributed by atoms with Gasteiger partial charge < -0.3 is 5.73 Å². The smallest absolute Gasteiger partial charge is 0.148 e. The molecule has 1 aromatic heterocycles. The van der Waals surface area contributed by atoms with Gasteiger partial charge in [0.15, 0.2) is 0 Å². The second-order valence-electron chi connectivity index (χ2n) is 1.94. The Labute approximate surface area is 82.7 Å². The molecule has 0 unspecified atom stereocenters. The summed E-state index contributed by atoms with van der Waals surface area (Å²) in [4.78, 5) is 3.75. The largest absolute Gasteiger partial charge is 0.397 e. The molecule has 0 spiro atoms. The fourth-order valence-corrected chi connectivity index (χ4v) is 0.910. The standard InChI is InChI=1S/C6H6Cl2N2.C2H6/c1-3-4(9)2-10-6(8)5(3)7;1-2/h2H,9H2,1H3;1-2H3. The minimum absolute atomic E-state index is 0.299. The molecule has 0 fully saturated rings. The molecule has 4 heteroatoms. The Morgan fingerprint density at radius 1 is 1.33 bits per heavy atom. The normalized spacial score (nSPS) is 8.75. The molecule has 0 aliphatic carbocycles. The predicted molar refractivity (Wildman–Crippen MR) is 54.8 cm³/mol. The SMILES string of the molecule is CC.Cc1c(N)cnc(Cl)c1Cl. The van der Waals surface area contributed by atoms with E-state index in [0.717, 1.165) is 5.56 Å². The van der Waals surface area contributed by atoms with Crippen molar-refractivity contribution in [1.82, 2.24) is 4.98 Å². The number of nitrogens with zero attached hydrogens (tertiary/aromatic N) is 1. The molecule has 0 aromatic carbocycles. The second-order valence-corrected chi connectivity index (χ2v) is 2.68. The number of nitrogens with two attached hydrogens (primary N) is 1. The Morgan fingerprint density at radius 3 is 2.25 bits per heavy atom. The van der Waals surface area contributed by atoms with Gasteiger partial charge in [-0.15, -0.1) is 0 Å². The van der Waals surface area contributed by atoms with Crippen LogP contribution in [0.25, 0.3) is 0 Å². The van der Waals surface area contributed by atoms with Gasteiger partial charge in [0.05, 0.1) is 16.9 Å². The van der Waals surface area contributed by atoms with E-state index in [-0.39, 0.29) is 0 Å². The van der Waals surface area contributed by atoms with Crippen molar-refractivity contribution < 1.29 is 0 Å². The van der Waals surface area contributed by atoms with Crippen molar-refractivity contribution in [3.8, 4) is 0 Å². The molecule has 2 N–H and O–H groups in total. The average molecular weight is 207 g/mol. The van der Waals surface area contributed by atoms with E-state index in [9.17, 15) is 0 Å². The van der Waals surface area contributed by atoms with Crippen LogP contribution in [0.3, 0.4) is 0 Å². The van der Waals surface area contributed by atoms with Crippen LogP contribution >= 0.6 is 23.2 Å². The van der Waals surface area contributed by atoms with E-state index in [1.165, 1.54) is 6.20 Å². The van der Waals surface area contributed by atoms with Gasteiger partial charge in [-0.2, -0.15) is 0 Å². The van der Waals surface area contributed by atoms with Crippen LogP contribution in [0.15, 0.2) is 6.20 Å². The molecule has 0 amide bonds. The van der Waals surface area contributed by atoms with Crippen molar-refractivity contribution in [2.75, 3.05) is 5.73 Å². The van der Waals surface area contributed by atoms with E-state index in [2.05, 4.69) is 4.98 Å². The summed E-state index contributed by atoms with van der Waals surface area (Å²) >= 11 is 11.3. The minimum atomic E-state index is 0.299. The van der Waals surface area contributed by atoms with Crippen LogP contribution in [-0.4, -0.2) is 4.98 Å². The van der Waals surface area contributed by atoms with Gasteiger partial charge in [-0.3, -0.25) is 0 Å². The summed E-state index contributed by atoms with van der Waals surface area (Å²) < 4.78 is 0. The monoisotopic (exact) mass is 206 g/mol. The van der Waals surface area contributed by atoms with Gasteiger partial charge in [-0.05, 0) is 12.5 Å². The van der Waals surface area contributed by atoms with Crippen molar-refractivity contribution in [1.29, 1.82) is 0 Å². The number of halogens is 2. The number of aromatic nitrogens is 1. The molecule has 0 radical (unpaired) electrons. The van der Waals surface area contributed by atoms with Gasteiger partial charge in [0.25, 0.3) is 0 Å². The van der Waals surface area contributed by atoms with E-state index in [4.69, 9.17) is 28.9 Å². The van der Waals surface area contributed by atoms with Gasteiger partial charge in [-0.1, -0.05) is 37.0 Å². The topological polar surface area (TPSA) is 38.9 Å². The van der Waals surface area contributed by atoms with Gasteiger partial charge in [0, 0.05) is 0 Å². The molecule has 0 saturated heterocycles. The zero-order valence-corrected chi connectivity index (χ0v) is 8.87. The van der Waals surface area contributed by atoms with Gasteiger partial charge in [0.2, 0.25) is 0 Å². The first-order chi connectivity index (χ1) is 5.63. The van der Waals surface area contributed by atoms with Crippen molar-refractivity contribution in [3.05, 3.63) is 21.9 Å². The lowest BCUT2D eigenvalue weighted by atomic mass is 10.3. The molecule has 0 aliphatic heterocycles. The third-order valence-corrected chi connectivity index (χ3v) is 2.11. The summed E-state index contributed by atoms with van der Waals surface area (Å²) in [5.74, 6) is 0. The second kappa shape index (κ2) is 5.22. The molecule has 0 saturated carbocycles. The van der Waals surface area contributed by atoms with Crippen LogP contribution in [0, 0.1) is 6.92 Å². The number of pyridine rings is 1. The molecule has 1 rings (SSSR count). The molecule has 0 bridgehead atoms. The van der Waals surface area contributed by atoms with E-state index < -0.39 is 0 Å². The van der Waals surface area contributed by atoms with Crippen LogP contribution in [0.1, 0.15) is 19.4 Å². The first-order valence-electron chi connectivity index (χ1n) is 3.69. The van der Waals surface area contributed by atoms with E-state index in [1.807, 2.05) is 13.8 Å². The maximum absolute atomic E-state index is 5.71. The molecule has 12 heavy (non-hydrogen) atoms. The molecule has 0 aliphatic rings. The molecule has 1 heterocycles. The maximum Gasteiger partial charge on any atom is 0.148 e. The zero-order chi connectivity index (χ0) is 9.72. The average Bonchev–Trinajstić information content (AvgIpc) is 2.12. The van der Waals surface area contributed by atoms with Crippen LogP contribution in [0.5, 0.6) is 0 Å². The highest BCUT2D eigenvalue weighted by Crippen LogP contribution is 2.26. The van der Waals surface area contributed by atoms with Crippen LogP contribution in [-0.2, 0) is 0 Å². The summed E-state index contributed by atoms with van der Waals surface area (Å²) in [6.07, 6.45) is 1.49. The van der Waals surface area contributed by atoms with Crippen LogP contribution in [0.4, 0.5) is 5.69 Å². The van der Waals surface area contributed by atoms with Gasteiger partial charge >= 0.3 is 0 Å². The summed E-state index contributed by atoms with van der Waals surface area (Å²) in [5, 5.41) is 0.732. The van der Waals surface area contributed by atoms with E-state index in [0.29, 0.717) is 15.9 Å². The van der Waals surface area contributed by atoms with Crippen molar-refractivity contribution in [2.24, 2.45) is 0 Å². The van der Waals surface area contributed by atoms with Crippen molar-refractivity contribution in [2.45, 2.75) is 20.8 Å². The van der Waals surface area contributed by atoms with E-state index >= 15 is 0 Å². The van der Waals surface area contributed by atoms with Crippen molar-refractivity contribution >= 4 is 28.9 Å². The number of hydrogen-bond donors (Lipinski definition) is 1. The summed E-state index contributed by atoms with van der Waals surface area (Å²) in [6.45, 7) is 5.80. The number of anilines is 1. The van der Waals surface area contributed by atoms with Gasteiger partial charge in [-0.25, -0.2) is 4.98 Å². The third kappa shape index (κ3) is 2.54. The lowest BCUT2D eigenvalue weighted by molar-refractivity contribution is 1.29. The Balaban J connectivity index is 0.000000561. The van der Waals surface area contributed by atoms with Crippen molar-refractivity contribution in [3.63, 3.8) is 0 Å². The number of nitrogen functional groups attached to an aromatic ring is 1. The number of hydrogen-bond acceptors (Lipinski definition) is 2. The highest BCUT2D eigenvalue weighted by atomic mass is 35.5. The van der Waals surface area contributed by atoms with E-state index in [1.54, 1.807) is 6.92 Å². The summed E-state index contributed by atoms with van der Waals surface area (Å²) in [7, 11) is 0. The minimum Gasteiger partial charge on any atom is -0.397 e. The molecule has 1 aromatic rings. The highest BCUT2D eigenvalue weighted by molar-refractivity contribution is 6.41. The Bertz CT molecular complexity index is 234. The molecule has 68 valence electrons. The van der Waals surface area contributed by atoms with Crippen LogP contribution in [0.2, 0.25) is 10.2 Å². The third-order valence-electron chi connectivity index (χ3n) is 1.26. The first kappa shape index (κ1) is 11.5. The zero-order valence-electron chi connectivity index (χ0n) is 7.36.